The van der Waals surface area contributed by atoms with Gasteiger partial charge in [0.05, 0.1) is 32.1 Å². The van der Waals surface area contributed by atoms with Crippen molar-refractivity contribution in [2.45, 2.75) is 13.1 Å². The summed E-state index contributed by atoms with van der Waals surface area (Å²) < 4.78 is 6.92. The number of guanidine groups is 1. The van der Waals surface area contributed by atoms with Crippen molar-refractivity contribution in [2.75, 3.05) is 21.2 Å². The molecular formula is C20H24N6O. The summed E-state index contributed by atoms with van der Waals surface area (Å²) in [6.07, 6.45) is 1.90. The van der Waals surface area contributed by atoms with Crippen LogP contribution in [0.1, 0.15) is 11.3 Å². The van der Waals surface area contributed by atoms with E-state index in [2.05, 4.69) is 32.8 Å². The van der Waals surface area contributed by atoms with E-state index in [4.69, 9.17) is 4.74 Å². The van der Waals surface area contributed by atoms with Gasteiger partial charge in [0.15, 0.2) is 5.96 Å². The Bertz CT molecular complexity index is 871. The van der Waals surface area contributed by atoms with Crippen LogP contribution in [0.4, 0.5) is 0 Å². The number of aliphatic imine (C=N–C) groups is 1. The highest BCUT2D eigenvalue weighted by molar-refractivity contribution is 5.79. The highest BCUT2D eigenvalue weighted by Gasteiger charge is 2.06. The van der Waals surface area contributed by atoms with Gasteiger partial charge in [0.25, 0.3) is 0 Å². The fraction of sp³-hybridized carbons (Fsp3) is 0.250. The number of ether oxygens (including phenoxy) is 1. The van der Waals surface area contributed by atoms with Gasteiger partial charge in [-0.05, 0) is 29.8 Å². The zero-order valence-electron chi connectivity index (χ0n) is 15.8. The minimum Gasteiger partial charge on any atom is -0.497 e. The second kappa shape index (κ2) is 8.84. The van der Waals surface area contributed by atoms with E-state index in [0.717, 1.165) is 23.1 Å². The summed E-state index contributed by atoms with van der Waals surface area (Å²) in [4.78, 5) is 6.61. The topological polar surface area (TPSA) is 67.6 Å². The predicted octanol–water partition coefficient (Wildman–Crippen LogP) is 2.48. The number of hydrogen-bond donors (Lipinski definition) is 1. The Kier molecular flexibility index (Phi) is 6.04. The van der Waals surface area contributed by atoms with Gasteiger partial charge in [-0.2, -0.15) is 0 Å². The molecule has 27 heavy (non-hydrogen) atoms. The maximum Gasteiger partial charge on any atom is 0.194 e. The van der Waals surface area contributed by atoms with Crippen LogP contribution in [-0.4, -0.2) is 47.1 Å². The minimum atomic E-state index is 0.544. The van der Waals surface area contributed by atoms with Gasteiger partial charge < -0.3 is 15.0 Å². The molecule has 0 fully saturated rings. The van der Waals surface area contributed by atoms with Crippen molar-refractivity contribution in [3.05, 3.63) is 72.1 Å². The fourth-order valence-corrected chi connectivity index (χ4v) is 2.52. The third-order valence-electron chi connectivity index (χ3n) is 3.98. The first-order valence-corrected chi connectivity index (χ1v) is 8.71. The van der Waals surface area contributed by atoms with Crippen molar-refractivity contribution in [1.82, 2.24) is 25.2 Å². The molecule has 0 aliphatic rings. The standard InChI is InChI=1S/C20H24N6O/c1-25(2)20(21-13-16-7-5-4-6-8-16)22-14-17-15-26(24-23-17)18-9-11-19(27-3)12-10-18/h4-12,15H,13-14H2,1-3H3,(H,21,22). The van der Waals surface area contributed by atoms with Crippen molar-refractivity contribution in [2.24, 2.45) is 4.99 Å². The fourth-order valence-electron chi connectivity index (χ4n) is 2.52. The van der Waals surface area contributed by atoms with E-state index in [9.17, 15) is 0 Å². The van der Waals surface area contributed by atoms with Crippen molar-refractivity contribution in [1.29, 1.82) is 0 Å². The van der Waals surface area contributed by atoms with Crippen molar-refractivity contribution in [3.63, 3.8) is 0 Å². The average molecular weight is 364 g/mol. The van der Waals surface area contributed by atoms with E-state index in [1.807, 2.05) is 67.7 Å². The van der Waals surface area contributed by atoms with Crippen molar-refractivity contribution in [3.8, 4) is 11.4 Å². The largest absolute Gasteiger partial charge is 0.497 e. The van der Waals surface area contributed by atoms with Crippen LogP contribution in [0.15, 0.2) is 65.8 Å². The molecule has 140 valence electrons. The van der Waals surface area contributed by atoms with Crippen LogP contribution in [-0.2, 0) is 13.1 Å². The highest BCUT2D eigenvalue weighted by Crippen LogP contribution is 2.14. The van der Waals surface area contributed by atoms with Crippen LogP contribution in [0, 0.1) is 0 Å². The van der Waals surface area contributed by atoms with E-state index >= 15 is 0 Å². The Morgan fingerprint density at radius 1 is 1.11 bits per heavy atom. The predicted molar refractivity (Wildman–Crippen MR) is 106 cm³/mol. The van der Waals surface area contributed by atoms with Crippen LogP contribution in [0.25, 0.3) is 5.69 Å². The van der Waals surface area contributed by atoms with Crippen LogP contribution >= 0.6 is 0 Å². The third-order valence-corrected chi connectivity index (χ3v) is 3.98. The summed E-state index contributed by atoms with van der Waals surface area (Å²) >= 11 is 0. The van der Waals surface area contributed by atoms with E-state index in [1.165, 1.54) is 5.56 Å². The monoisotopic (exact) mass is 364 g/mol. The van der Waals surface area contributed by atoms with Crippen LogP contribution in [0.3, 0.4) is 0 Å². The van der Waals surface area contributed by atoms with Crippen molar-refractivity contribution >= 4 is 5.96 Å². The first-order chi connectivity index (χ1) is 13.2. The molecule has 7 nitrogen and oxygen atoms in total. The molecule has 0 saturated heterocycles. The first-order valence-electron chi connectivity index (χ1n) is 8.71. The number of aromatic nitrogens is 3. The molecule has 0 bridgehead atoms. The van der Waals surface area contributed by atoms with E-state index < -0.39 is 0 Å². The van der Waals surface area contributed by atoms with E-state index in [1.54, 1.807) is 11.8 Å². The summed E-state index contributed by atoms with van der Waals surface area (Å²) in [5.41, 5.74) is 2.93. The Morgan fingerprint density at radius 3 is 2.52 bits per heavy atom. The molecular weight excluding hydrogens is 340 g/mol. The Hall–Kier alpha value is -3.35. The lowest BCUT2D eigenvalue weighted by Gasteiger charge is -2.17. The lowest BCUT2D eigenvalue weighted by molar-refractivity contribution is 0.414. The molecule has 0 spiro atoms. The van der Waals surface area contributed by atoms with Gasteiger partial charge >= 0.3 is 0 Å². The molecule has 0 amide bonds. The normalized spacial score (nSPS) is 11.3. The van der Waals surface area contributed by atoms with Crippen molar-refractivity contribution < 1.29 is 4.74 Å². The summed E-state index contributed by atoms with van der Waals surface area (Å²) in [7, 11) is 5.58. The van der Waals surface area contributed by atoms with Gasteiger partial charge in [0, 0.05) is 14.1 Å². The molecule has 0 saturated carbocycles. The van der Waals surface area contributed by atoms with Crippen LogP contribution in [0.5, 0.6) is 5.75 Å². The summed E-state index contributed by atoms with van der Waals surface area (Å²) in [5.74, 6) is 1.61. The van der Waals surface area contributed by atoms with Crippen LogP contribution in [0.2, 0.25) is 0 Å². The molecule has 7 heteroatoms. The van der Waals surface area contributed by atoms with Gasteiger partial charge in [-0.3, -0.25) is 0 Å². The lowest BCUT2D eigenvalue weighted by Crippen LogP contribution is -2.36. The molecule has 0 atom stereocenters. The smallest absolute Gasteiger partial charge is 0.194 e. The Balaban J connectivity index is 1.63. The maximum absolute atomic E-state index is 5.18. The Morgan fingerprint density at radius 2 is 1.85 bits per heavy atom. The molecule has 0 aliphatic carbocycles. The zero-order chi connectivity index (χ0) is 19.1. The maximum atomic E-state index is 5.18. The molecule has 0 radical (unpaired) electrons. The SMILES string of the molecule is COc1ccc(-n2cc(CNC(=NCc3ccccc3)N(C)C)nn2)cc1. The number of hydrogen-bond acceptors (Lipinski definition) is 4. The molecule has 2 aromatic carbocycles. The number of nitrogens with one attached hydrogen (secondary N) is 1. The lowest BCUT2D eigenvalue weighted by atomic mass is 10.2. The molecule has 1 heterocycles. The third kappa shape index (κ3) is 5.07. The second-order valence-electron chi connectivity index (χ2n) is 6.23. The van der Waals surface area contributed by atoms with Crippen LogP contribution < -0.4 is 10.1 Å². The van der Waals surface area contributed by atoms with Gasteiger partial charge in [-0.15, -0.1) is 5.10 Å². The number of rotatable bonds is 6. The zero-order valence-corrected chi connectivity index (χ0v) is 15.8. The summed E-state index contributed by atoms with van der Waals surface area (Å²) in [6.45, 7) is 1.17. The van der Waals surface area contributed by atoms with Gasteiger partial charge in [0.2, 0.25) is 0 Å². The molecule has 0 unspecified atom stereocenters. The number of methoxy groups -OCH3 is 1. The van der Waals surface area contributed by atoms with Gasteiger partial charge in [-0.25, -0.2) is 9.67 Å². The van der Waals surface area contributed by atoms with E-state index in [0.29, 0.717) is 13.1 Å². The van der Waals surface area contributed by atoms with E-state index in [-0.39, 0.29) is 0 Å². The molecule has 1 N–H and O–H groups in total. The average Bonchev–Trinajstić information content (AvgIpc) is 3.17. The minimum absolute atomic E-state index is 0.544. The molecule has 3 rings (SSSR count). The number of benzene rings is 2. The Labute approximate surface area is 159 Å². The highest BCUT2D eigenvalue weighted by atomic mass is 16.5. The van der Waals surface area contributed by atoms with Gasteiger partial charge in [0.1, 0.15) is 11.4 Å². The number of nitrogens with zero attached hydrogens (tertiary/aromatic N) is 5. The summed E-state index contributed by atoms with van der Waals surface area (Å²) in [5, 5.41) is 11.7. The molecule has 3 aromatic rings. The molecule has 0 aliphatic heterocycles. The quantitative estimate of drug-likeness (QED) is 0.538. The molecule has 1 aromatic heterocycles. The van der Waals surface area contributed by atoms with Gasteiger partial charge in [-0.1, -0.05) is 35.5 Å². The first kappa shape index (κ1) is 18.4. The summed E-state index contributed by atoms with van der Waals surface area (Å²) in [6, 6.07) is 17.9. The second-order valence-corrected chi connectivity index (χ2v) is 6.23.